The molecule has 162 valence electrons. The van der Waals surface area contributed by atoms with Gasteiger partial charge >= 0.3 is 0 Å². The summed E-state index contributed by atoms with van der Waals surface area (Å²) in [6, 6.07) is 19.7. The van der Waals surface area contributed by atoms with Crippen LogP contribution >= 0.6 is 0 Å². The van der Waals surface area contributed by atoms with Gasteiger partial charge in [-0.05, 0) is 72.8 Å². The molecular formula is C22H22N8O2. The van der Waals surface area contributed by atoms with Gasteiger partial charge in [-0.2, -0.15) is 0 Å². The number of carbonyl (C=O) groups excluding carboxylic acids is 2. The average Bonchev–Trinajstić information content (AvgIpc) is 2.76. The van der Waals surface area contributed by atoms with Gasteiger partial charge < -0.3 is 33.6 Å². The van der Waals surface area contributed by atoms with Crippen LogP contribution in [0.15, 0.2) is 82.8 Å². The molecule has 0 bridgehead atoms. The number of amides is 2. The van der Waals surface area contributed by atoms with Crippen molar-refractivity contribution in [1.29, 1.82) is 0 Å². The van der Waals surface area contributed by atoms with Gasteiger partial charge in [0.1, 0.15) is 0 Å². The van der Waals surface area contributed by atoms with Crippen molar-refractivity contribution in [2.45, 2.75) is 0 Å². The second kappa shape index (κ2) is 9.76. The molecule has 3 aromatic rings. The van der Waals surface area contributed by atoms with E-state index in [1.54, 1.807) is 72.8 Å². The number of aliphatic imine (C=N–C) groups is 2. The van der Waals surface area contributed by atoms with Crippen LogP contribution < -0.4 is 33.6 Å². The van der Waals surface area contributed by atoms with Crippen molar-refractivity contribution >= 4 is 46.5 Å². The van der Waals surface area contributed by atoms with Gasteiger partial charge in [-0.25, -0.2) is 9.98 Å². The Balaban J connectivity index is 1.61. The minimum atomic E-state index is -0.318. The first-order valence-corrected chi connectivity index (χ1v) is 9.42. The Kier molecular flexibility index (Phi) is 6.66. The minimum Gasteiger partial charge on any atom is -0.370 e. The van der Waals surface area contributed by atoms with E-state index in [0.29, 0.717) is 33.9 Å². The smallest absolute Gasteiger partial charge is 0.255 e. The maximum absolute atomic E-state index is 12.4. The van der Waals surface area contributed by atoms with Crippen molar-refractivity contribution in [3.05, 3.63) is 83.9 Å². The maximum atomic E-state index is 12.4. The molecule has 0 saturated carbocycles. The summed E-state index contributed by atoms with van der Waals surface area (Å²) in [5, 5.41) is 5.53. The van der Waals surface area contributed by atoms with E-state index in [0.717, 1.165) is 0 Å². The molecule has 0 aliphatic rings. The van der Waals surface area contributed by atoms with Gasteiger partial charge in [-0.15, -0.1) is 0 Å². The average molecular weight is 430 g/mol. The molecule has 10 heteroatoms. The Morgan fingerprint density at radius 3 is 1.12 bits per heavy atom. The number of benzene rings is 3. The van der Waals surface area contributed by atoms with Crippen molar-refractivity contribution < 1.29 is 9.59 Å². The second-order valence-corrected chi connectivity index (χ2v) is 6.65. The van der Waals surface area contributed by atoms with Gasteiger partial charge in [0.15, 0.2) is 11.9 Å². The minimum absolute atomic E-state index is 0.0473. The molecule has 0 fully saturated rings. The van der Waals surface area contributed by atoms with Gasteiger partial charge in [-0.1, -0.05) is 0 Å². The number of anilines is 2. The lowest BCUT2D eigenvalue weighted by Crippen LogP contribution is -2.21. The van der Waals surface area contributed by atoms with Gasteiger partial charge in [0.25, 0.3) is 11.8 Å². The second-order valence-electron chi connectivity index (χ2n) is 6.65. The molecule has 3 aromatic carbocycles. The van der Waals surface area contributed by atoms with E-state index in [9.17, 15) is 9.59 Å². The summed E-state index contributed by atoms with van der Waals surface area (Å²) in [6.45, 7) is 0. The fraction of sp³-hybridized carbons (Fsp3) is 0. The van der Waals surface area contributed by atoms with Gasteiger partial charge in [-0.3, -0.25) is 9.59 Å². The SMILES string of the molecule is NC(N)=Nc1ccc(NC(=O)c2ccc(C(=O)Nc3ccc(N=C(N)N)cc3)cc2)cc1. The van der Waals surface area contributed by atoms with E-state index in [2.05, 4.69) is 20.6 Å². The molecule has 0 heterocycles. The highest BCUT2D eigenvalue weighted by Crippen LogP contribution is 2.18. The summed E-state index contributed by atoms with van der Waals surface area (Å²) >= 11 is 0. The highest BCUT2D eigenvalue weighted by molar-refractivity contribution is 6.07. The zero-order valence-electron chi connectivity index (χ0n) is 16.9. The van der Waals surface area contributed by atoms with E-state index < -0.39 is 0 Å². The Labute approximate surface area is 184 Å². The summed E-state index contributed by atoms with van der Waals surface area (Å²) in [4.78, 5) is 32.7. The lowest BCUT2D eigenvalue weighted by atomic mass is 10.1. The summed E-state index contributed by atoms with van der Waals surface area (Å²) in [6.07, 6.45) is 0. The molecule has 0 spiro atoms. The van der Waals surface area contributed by atoms with Crippen LogP contribution in [0.2, 0.25) is 0 Å². The number of nitrogens with zero attached hydrogens (tertiary/aromatic N) is 2. The fourth-order valence-electron chi connectivity index (χ4n) is 2.72. The van der Waals surface area contributed by atoms with Crippen LogP contribution in [0.5, 0.6) is 0 Å². The molecule has 0 atom stereocenters. The third kappa shape index (κ3) is 6.07. The molecule has 0 unspecified atom stereocenters. The highest BCUT2D eigenvalue weighted by Gasteiger charge is 2.10. The Bertz CT molecular complexity index is 1070. The zero-order valence-corrected chi connectivity index (χ0v) is 16.9. The maximum Gasteiger partial charge on any atom is 0.255 e. The number of nitrogens with two attached hydrogens (primary N) is 4. The quantitative estimate of drug-likeness (QED) is 0.256. The number of guanidine groups is 2. The fourth-order valence-corrected chi connectivity index (χ4v) is 2.72. The van der Waals surface area contributed by atoms with Crippen molar-refractivity contribution in [1.82, 2.24) is 0 Å². The van der Waals surface area contributed by atoms with Crippen LogP contribution in [-0.2, 0) is 0 Å². The molecule has 0 aromatic heterocycles. The molecule has 32 heavy (non-hydrogen) atoms. The first-order valence-electron chi connectivity index (χ1n) is 9.42. The summed E-state index contributed by atoms with van der Waals surface area (Å²) < 4.78 is 0. The van der Waals surface area contributed by atoms with Crippen LogP contribution in [0.1, 0.15) is 20.7 Å². The van der Waals surface area contributed by atoms with E-state index in [-0.39, 0.29) is 23.7 Å². The molecule has 3 rings (SSSR count). The van der Waals surface area contributed by atoms with Gasteiger partial charge in [0.2, 0.25) is 0 Å². The largest absolute Gasteiger partial charge is 0.370 e. The monoisotopic (exact) mass is 430 g/mol. The molecule has 10 nitrogen and oxygen atoms in total. The number of carbonyl (C=O) groups is 2. The Morgan fingerprint density at radius 2 is 0.844 bits per heavy atom. The number of hydrogen-bond donors (Lipinski definition) is 6. The van der Waals surface area contributed by atoms with E-state index >= 15 is 0 Å². The van der Waals surface area contributed by atoms with Crippen molar-refractivity contribution in [3.8, 4) is 0 Å². The van der Waals surface area contributed by atoms with Crippen molar-refractivity contribution in [3.63, 3.8) is 0 Å². The molecule has 10 N–H and O–H groups in total. The van der Waals surface area contributed by atoms with Crippen LogP contribution in [0.3, 0.4) is 0 Å². The van der Waals surface area contributed by atoms with E-state index in [1.807, 2.05) is 0 Å². The predicted octanol–water partition coefficient (Wildman–Crippen LogP) is 2.00. The van der Waals surface area contributed by atoms with Gasteiger partial charge in [0.05, 0.1) is 11.4 Å². The predicted molar refractivity (Wildman–Crippen MR) is 126 cm³/mol. The van der Waals surface area contributed by atoms with E-state index in [1.165, 1.54) is 0 Å². The van der Waals surface area contributed by atoms with Crippen molar-refractivity contribution in [2.24, 2.45) is 32.9 Å². The number of rotatable bonds is 6. The standard InChI is InChI=1S/C22H22N8O2/c23-21(24)29-17-9-5-15(6-10-17)27-19(31)13-1-2-14(4-3-13)20(32)28-16-7-11-18(12-8-16)30-22(25)26/h1-12H,(H,27,31)(H,28,32)(H4,23,24,29)(H4,25,26,30). The molecule has 0 saturated heterocycles. The topological polar surface area (TPSA) is 187 Å². The van der Waals surface area contributed by atoms with Gasteiger partial charge in [0, 0.05) is 22.5 Å². The molecule has 0 aliphatic heterocycles. The lowest BCUT2D eigenvalue weighted by molar-refractivity contribution is 0.101. The van der Waals surface area contributed by atoms with Crippen molar-refractivity contribution in [2.75, 3.05) is 10.6 Å². The molecule has 0 radical (unpaired) electrons. The highest BCUT2D eigenvalue weighted by atomic mass is 16.2. The van der Waals surface area contributed by atoms with Crippen LogP contribution in [0.4, 0.5) is 22.7 Å². The summed E-state index contributed by atoms with van der Waals surface area (Å²) in [5.74, 6) is -0.730. The first-order chi connectivity index (χ1) is 15.3. The molecule has 0 aliphatic carbocycles. The summed E-state index contributed by atoms with van der Waals surface area (Å²) in [5.41, 5.74) is 24.4. The third-order valence-electron chi connectivity index (χ3n) is 4.18. The third-order valence-corrected chi connectivity index (χ3v) is 4.18. The summed E-state index contributed by atoms with van der Waals surface area (Å²) in [7, 11) is 0. The Morgan fingerprint density at radius 1 is 0.531 bits per heavy atom. The normalized spacial score (nSPS) is 10.0. The zero-order chi connectivity index (χ0) is 23.1. The van der Waals surface area contributed by atoms with Crippen LogP contribution in [0, 0.1) is 0 Å². The molecule has 2 amide bonds. The Hall–Kier alpha value is -4.86. The number of hydrogen-bond acceptors (Lipinski definition) is 4. The lowest BCUT2D eigenvalue weighted by Gasteiger charge is -2.08. The van der Waals surface area contributed by atoms with Crippen LogP contribution in [0.25, 0.3) is 0 Å². The first kappa shape index (κ1) is 21.8. The van der Waals surface area contributed by atoms with Crippen LogP contribution in [-0.4, -0.2) is 23.7 Å². The van der Waals surface area contributed by atoms with E-state index in [4.69, 9.17) is 22.9 Å². The molecular weight excluding hydrogens is 408 g/mol. The number of nitrogens with one attached hydrogen (secondary N) is 2.